The number of benzene rings is 2. The van der Waals surface area contributed by atoms with E-state index in [1.54, 1.807) is 16.8 Å². The minimum Gasteiger partial charge on any atom is -0.471 e. The minimum absolute atomic E-state index is 0.356. The van der Waals surface area contributed by atoms with Crippen LogP contribution < -0.4 is 4.74 Å². The molecule has 2 heterocycles. The number of ether oxygens (including phenoxy) is 1. The van der Waals surface area contributed by atoms with E-state index in [1.165, 1.54) is 0 Å². The van der Waals surface area contributed by atoms with Gasteiger partial charge < -0.3 is 4.74 Å². The van der Waals surface area contributed by atoms with Crippen molar-refractivity contribution in [2.24, 2.45) is 0 Å². The Balaban J connectivity index is 1.70. The molecule has 0 amide bonds. The van der Waals surface area contributed by atoms with E-state index >= 15 is 0 Å². The van der Waals surface area contributed by atoms with Crippen molar-refractivity contribution in [1.82, 2.24) is 15.2 Å². The van der Waals surface area contributed by atoms with Gasteiger partial charge >= 0.3 is 0 Å². The van der Waals surface area contributed by atoms with Crippen LogP contribution >= 0.6 is 22.9 Å². The number of hydrogen-bond donors (Lipinski definition) is 0. The summed E-state index contributed by atoms with van der Waals surface area (Å²) in [6.45, 7) is 0.431. The van der Waals surface area contributed by atoms with Gasteiger partial charge in [-0.3, -0.25) is 0 Å². The summed E-state index contributed by atoms with van der Waals surface area (Å²) >= 11 is 7.79. The summed E-state index contributed by atoms with van der Waals surface area (Å²) in [6.07, 6.45) is 0. The summed E-state index contributed by atoms with van der Waals surface area (Å²) in [6, 6.07) is 15.8. The first kappa shape index (κ1) is 15.1. The van der Waals surface area contributed by atoms with Crippen LogP contribution in [0.5, 0.6) is 5.88 Å². The number of aromatic nitrogens is 3. The van der Waals surface area contributed by atoms with Crippen LogP contribution in [0, 0.1) is 0 Å². The lowest BCUT2D eigenvalue weighted by atomic mass is 10.1. The second-order valence-corrected chi connectivity index (χ2v) is 6.28. The summed E-state index contributed by atoms with van der Waals surface area (Å²) in [7, 11) is 0. The summed E-state index contributed by atoms with van der Waals surface area (Å²) in [5.74, 6) is 0.475. The zero-order valence-electron chi connectivity index (χ0n) is 12.5. The second-order valence-electron chi connectivity index (χ2n) is 5.20. The smallest absolute Gasteiger partial charge is 0.241 e. The molecule has 0 aliphatic carbocycles. The van der Waals surface area contributed by atoms with Gasteiger partial charge in [0, 0.05) is 21.7 Å². The molecular formula is C18H12ClN3OS. The van der Waals surface area contributed by atoms with Gasteiger partial charge in [-0.05, 0) is 17.7 Å². The van der Waals surface area contributed by atoms with Crippen LogP contribution in [0.15, 0.2) is 59.4 Å². The molecule has 0 bridgehead atoms. The average Bonchev–Trinajstić information content (AvgIpc) is 3.17. The molecule has 0 aliphatic rings. The highest BCUT2D eigenvalue weighted by atomic mass is 35.5. The fourth-order valence-corrected chi connectivity index (χ4v) is 3.20. The van der Waals surface area contributed by atoms with Gasteiger partial charge in [0.15, 0.2) is 5.15 Å². The van der Waals surface area contributed by atoms with Crippen molar-refractivity contribution >= 4 is 33.7 Å². The number of hydrogen-bond acceptors (Lipinski definition) is 5. The Bertz CT molecular complexity index is 974. The van der Waals surface area contributed by atoms with Crippen molar-refractivity contribution in [2.45, 2.75) is 6.61 Å². The number of rotatable bonds is 4. The molecule has 0 fully saturated rings. The molecule has 4 aromatic rings. The molecule has 0 N–H and O–H groups in total. The molecule has 24 heavy (non-hydrogen) atoms. The van der Waals surface area contributed by atoms with Crippen molar-refractivity contribution in [1.29, 1.82) is 0 Å². The number of fused-ring (bicyclic) bond motifs is 1. The van der Waals surface area contributed by atoms with Crippen LogP contribution in [0.4, 0.5) is 0 Å². The molecule has 0 unspecified atom stereocenters. The van der Waals surface area contributed by atoms with Crippen molar-refractivity contribution in [2.75, 3.05) is 0 Å². The third kappa shape index (κ3) is 2.96. The van der Waals surface area contributed by atoms with Crippen LogP contribution in [0.2, 0.25) is 5.15 Å². The maximum absolute atomic E-state index is 6.23. The molecule has 2 aromatic carbocycles. The largest absolute Gasteiger partial charge is 0.471 e. The zero-order chi connectivity index (χ0) is 16.4. The molecule has 0 spiro atoms. The molecule has 2 aromatic heterocycles. The van der Waals surface area contributed by atoms with Gasteiger partial charge in [0.1, 0.15) is 6.61 Å². The SMILES string of the molecule is Clc1nnc(OCc2ccccc2)c2ccc(-c3cscn3)cc12. The highest BCUT2D eigenvalue weighted by molar-refractivity contribution is 7.07. The molecule has 0 saturated carbocycles. The number of halogens is 1. The second kappa shape index (κ2) is 6.55. The van der Waals surface area contributed by atoms with Crippen molar-refractivity contribution in [3.05, 3.63) is 70.1 Å². The van der Waals surface area contributed by atoms with Crippen LogP contribution in [0.1, 0.15) is 5.56 Å². The van der Waals surface area contributed by atoms with E-state index in [1.807, 2.05) is 53.9 Å². The first-order chi connectivity index (χ1) is 11.8. The number of nitrogens with zero attached hydrogens (tertiary/aromatic N) is 3. The molecule has 4 rings (SSSR count). The van der Waals surface area contributed by atoms with Crippen LogP contribution in [0.3, 0.4) is 0 Å². The minimum atomic E-state index is 0.356. The van der Waals surface area contributed by atoms with E-state index in [-0.39, 0.29) is 0 Å². The van der Waals surface area contributed by atoms with E-state index in [2.05, 4.69) is 15.2 Å². The lowest BCUT2D eigenvalue weighted by Crippen LogP contribution is -1.99. The Hall–Kier alpha value is -2.50. The molecule has 4 nitrogen and oxygen atoms in total. The van der Waals surface area contributed by atoms with Crippen molar-refractivity contribution in [3.63, 3.8) is 0 Å². The van der Waals surface area contributed by atoms with E-state index < -0.39 is 0 Å². The summed E-state index contributed by atoms with van der Waals surface area (Å²) in [4.78, 5) is 4.33. The predicted molar refractivity (Wildman–Crippen MR) is 96.4 cm³/mol. The van der Waals surface area contributed by atoms with Gasteiger partial charge in [-0.25, -0.2) is 4.98 Å². The van der Waals surface area contributed by atoms with Gasteiger partial charge in [-0.2, -0.15) is 0 Å². The monoisotopic (exact) mass is 353 g/mol. The predicted octanol–water partition coefficient (Wildman–Crippen LogP) is 4.99. The standard InChI is InChI=1S/C18H12ClN3OS/c19-17-15-8-13(16-10-24-11-20-16)6-7-14(15)18(22-21-17)23-9-12-4-2-1-3-5-12/h1-8,10-11H,9H2. The Morgan fingerprint density at radius 1 is 1.00 bits per heavy atom. The van der Waals surface area contributed by atoms with Gasteiger partial charge in [0.05, 0.1) is 11.2 Å². The van der Waals surface area contributed by atoms with Gasteiger partial charge in [0.25, 0.3) is 0 Å². The van der Waals surface area contributed by atoms with Crippen LogP contribution in [0.25, 0.3) is 22.0 Å². The maximum Gasteiger partial charge on any atom is 0.241 e. The zero-order valence-corrected chi connectivity index (χ0v) is 14.1. The Morgan fingerprint density at radius 2 is 1.88 bits per heavy atom. The molecule has 118 valence electrons. The molecule has 6 heteroatoms. The lowest BCUT2D eigenvalue weighted by Gasteiger charge is -2.09. The van der Waals surface area contributed by atoms with Gasteiger partial charge in [-0.15, -0.1) is 21.5 Å². The molecule has 0 saturated heterocycles. The highest BCUT2D eigenvalue weighted by Gasteiger charge is 2.11. The van der Waals surface area contributed by atoms with E-state index in [4.69, 9.17) is 16.3 Å². The molecular weight excluding hydrogens is 342 g/mol. The Morgan fingerprint density at radius 3 is 2.67 bits per heavy atom. The van der Waals surface area contributed by atoms with Crippen LogP contribution in [-0.2, 0) is 6.61 Å². The fourth-order valence-electron chi connectivity index (χ4n) is 2.45. The molecule has 0 aliphatic heterocycles. The highest BCUT2D eigenvalue weighted by Crippen LogP contribution is 2.32. The molecule has 0 atom stereocenters. The summed E-state index contributed by atoms with van der Waals surface area (Å²) in [5, 5.41) is 12.1. The van der Waals surface area contributed by atoms with Crippen molar-refractivity contribution < 1.29 is 4.74 Å². The molecule has 0 radical (unpaired) electrons. The third-order valence-electron chi connectivity index (χ3n) is 3.65. The van der Waals surface area contributed by atoms with Gasteiger partial charge in [-0.1, -0.05) is 48.0 Å². The normalized spacial score (nSPS) is 10.9. The third-order valence-corrected chi connectivity index (χ3v) is 4.51. The van der Waals surface area contributed by atoms with E-state index in [9.17, 15) is 0 Å². The number of thiazole rings is 1. The van der Waals surface area contributed by atoms with E-state index in [0.29, 0.717) is 17.6 Å². The summed E-state index contributed by atoms with van der Waals surface area (Å²) < 4.78 is 5.85. The maximum atomic E-state index is 6.23. The first-order valence-electron chi connectivity index (χ1n) is 7.32. The fraction of sp³-hybridized carbons (Fsp3) is 0.0556. The Labute approximate surface area is 147 Å². The quantitative estimate of drug-likeness (QED) is 0.518. The van der Waals surface area contributed by atoms with Gasteiger partial charge in [0.2, 0.25) is 5.88 Å². The average molecular weight is 354 g/mol. The van der Waals surface area contributed by atoms with Crippen molar-refractivity contribution in [3.8, 4) is 17.1 Å². The Kier molecular flexibility index (Phi) is 4.11. The van der Waals surface area contributed by atoms with E-state index in [0.717, 1.165) is 27.6 Å². The first-order valence-corrected chi connectivity index (χ1v) is 8.64. The topological polar surface area (TPSA) is 47.9 Å². The lowest BCUT2D eigenvalue weighted by molar-refractivity contribution is 0.294. The van der Waals surface area contributed by atoms with Crippen LogP contribution in [-0.4, -0.2) is 15.2 Å². The summed E-state index contributed by atoms with van der Waals surface area (Å²) in [5.41, 5.74) is 4.79.